The highest BCUT2D eigenvalue weighted by Gasteiger charge is 2.01. The van der Waals surface area contributed by atoms with Crippen LogP contribution in [0.1, 0.15) is 12.5 Å². The fraction of sp³-hybridized carbons (Fsp3) is 0.0909. The highest BCUT2D eigenvalue weighted by molar-refractivity contribution is 5.77. The summed E-state index contributed by atoms with van der Waals surface area (Å²) in [6.07, 6.45) is 3.61. The lowest BCUT2D eigenvalue weighted by atomic mass is 10.2. The van der Waals surface area contributed by atoms with E-state index in [1.165, 1.54) is 13.0 Å². The first-order valence-corrected chi connectivity index (χ1v) is 4.13. The van der Waals surface area contributed by atoms with Crippen molar-refractivity contribution < 1.29 is 14.3 Å². The molecule has 0 heterocycles. The van der Waals surface area contributed by atoms with Crippen LogP contribution in [0, 0.1) is 0 Å². The van der Waals surface area contributed by atoms with Crippen LogP contribution in [0.5, 0.6) is 5.75 Å². The van der Waals surface area contributed by atoms with E-state index in [-0.39, 0.29) is 5.97 Å². The number of para-hydroxylation sites is 1. The molecule has 0 N–H and O–H groups in total. The molecule has 0 aliphatic heterocycles. The number of allylic oxidation sites excluding steroid dienone is 1. The number of carbonyl (C=O) groups is 2. The molecule has 0 aliphatic rings. The molecule has 0 radical (unpaired) electrons. The molecule has 0 unspecified atom stereocenters. The smallest absolute Gasteiger partial charge is 0.308 e. The largest absolute Gasteiger partial charge is 0.426 e. The summed E-state index contributed by atoms with van der Waals surface area (Å²) in [5, 5.41) is 0. The molecular weight excluding hydrogens is 180 g/mol. The predicted molar refractivity (Wildman–Crippen MR) is 52.8 cm³/mol. The zero-order valence-corrected chi connectivity index (χ0v) is 7.77. The number of rotatable bonds is 3. The Morgan fingerprint density at radius 1 is 1.36 bits per heavy atom. The van der Waals surface area contributed by atoms with Gasteiger partial charge in [-0.3, -0.25) is 9.59 Å². The number of esters is 1. The summed E-state index contributed by atoms with van der Waals surface area (Å²) in [6.45, 7) is 1.33. The van der Waals surface area contributed by atoms with Gasteiger partial charge in [0.05, 0.1) is 0 Å². The SMILES string of the molecule is CC(=O)Oc1ccccc1/C=C/C=O. The predicted octanol–water partition coefficient (Wildman–Crippen LogP) is 1.82. The fourth-order valence-electron chi connectivity index (χ4n) is 1.01. The molecule has 0 saturated carbocycles. The van der Waals surface area contributed by atoms with Crippen molar-refractivity contribution in [1.29, 1.82) is 0 Å². The van der Waals surface area contributed by atoms with Crippen LogP contribution >= 0.6 is 0 Å². The summed E-state index contributed by atoms with van der Waals surface area (Å²) in [7, 11) is 0. The topological polar surface area (TPSA) is 43.4 Å². The van der Waals surface area contributed by atoms with E-state index in [1.807, 2.05) is 0 Å². The standard InChI is InChI=1S/C11H10O3/c1-9(13)14-11-7-3-2-5-10(11)6-4-8-12/h2-8H,1H3/b6-4+. The van der Waals surface area contributed by atoms with Gasteiger partial charge in [-0.2, -0.15) is 0 Å². The Hall–Kier alpha value is -1.90. The maximum Gasteiger partial charge on any atom is 0.308 e. The van der Waals surface area contributed by atoms with Gasteiger partial charge in [-0.1, -0.05) is 18.2 Å². The normalized spacial score (nSPS) is 10.1. The second-order valence-corrected chi connectivity index (χ2v) is 2.63. The van der Waals surface area contributed by atoms with E-state index in [9.17, 15) is 9.59 Å². The number of hydrogen-bond acceptors (Lipinski definition) is 3. The first kappa shape index (κ1) is 10.2. The Labute approximate surface area is 82.0 Å². The molecule has 1 aromatic carbocycles. The van der Waals surface area contributed by atoms with Crippen molar-refractivity contribution in [3.63, 3.8) is 0 Å². The minimum atomic E-state index is -0.378. The molecule has 3 nitrogen and oxygen atoms in total. The Morgan fingerprint density at radius 2 is 2.07 bits per heavy atom. The van der Waals surface area contributed by atoms with Crippen molar-refractivity contribution in [2.75, 3.05) is 0 Å². The zero-order valence-electron chi connectivity index (χ0n) is 7.77. The Balaban J connectivity index is 2.96. The summed E-state index contributed by atoms with van der Waals surface area (Å²) in [5.41, 5.74) is 0.704. The Bertz CT molecular complexity index is 367. The second kappa shape index (κ2) is 4.97. The molecule has 0 bridgehead atoms. The quantitative estimate of drug-likeness (QED) is 0.316. The Morgan fingerprint density at radius 3 is 2.71 bits per heavy atom. The van der Waals surface area contributed by atoms with Crippen molar-refractivity contribution in [1.82, 2.24) is 0 Å². The van der Waals surface area contributed by atoms with Crippen molar-refractivity contribution in [2.24, 2.45) is 0 Å². The highest BCUT2D eigenvalue weighted by Crippen LogP contribution is 2.19. The first-order chi connectivity index (χ1) is 6.74. The van der Waals surface area contributed by atoms with Crippen molar-refractivity contribution in [3.8, 4) is 5.75 Å². The molecule has 0 spiro atoms. The fourth-order valence-corrected chi connectivity index (χ4v) is 1.01. The molecule has 0 fully saturated rings. The van der Waals surface area contributed by atoms with E-state index in [4.69, 9.17) is 4.74 Å². The van der Waals surface area contributed by atoms with Gasteiger partial charge in [0.2, 0.25) is 0 Å². The van der Waals surface area contributed by atoms with Crippen LogP contribution < -0.4 is 4.74 Å². The number of hydrogen-bond donors (Lipinski definition) is 0. The van der Waals surface area contributed by atoms with Crippen LogP contribution in [-0.2, 0) is 9.59 Å². The van der Waals surface area contributed by atoms with E-state index in [0.717, 1.165) is 0 Å². The molecular formula is C11H10O3. The maximum atomic E-state index is 10.7. The summed E-state index contributed by atoms with van der Waals surface area (Å²) < 4.78 is 4.94. The van der Waals surface area contributed by atoms with E-state index in [1.54, 1.807) is 30.3 Å². The number of benzene rings is 1. The third-order valence-electron chi connectivity index (χ3n) is 1.53. The maximum absolute atomic E-state index is 10.7. The lowest BCUT2D eigenvalue weighted by Crippen LogP contribution is -2.02. The van der Waals surface area contributed by atoms with Gasteiger partial charge in [-0.25, -0.2) is 0 Å². The number of aldehydes is 1. The van der Waals surface area contributed by atoms with Crippen LogP contribution in [0.3, 0.4) is 0 Å². The van der Waals surface area contributed by atoms with Gasteiger partial charge >= 0.3 is 5.97 Å². The van der Waals surface area contributed by atoms with Gasteiger partial charge in [0.1, 0.15) is 12.0 Å². The molecule has 0 aliphatic carbocycles. The summed E-state index contributed by atoms with van der Waals surface area (Å²) in [4.78, 5) is 20.8. The summed E-state index contributed by atoms with van der Waals surface area (Å²) >= 11 is 0. The molecule has 1 aromatic rings. The zero-order chi connectivity index (χ0) is 10.4. The highest BCUT2D eigenvalue weighted by atomic mass is 16.5. The van der Waals surface area contributed by atoms with Gasteiger partial charge in [0.15, 0.2) is 0 Å². The monoisotopic (exact) mass is 190 g/mol. The van der Waals surface area contributed by atoms with Gasteiger partial charge in [0, 0.05) is 12.5 Å². The van der Waals surface area contributed by atoms with Crippen molar-refractivity contribution in [2.45, 2.75) is 6.92 Å². The lowest BCUT2D eigenvalue weighted by molar-refractivity contribution is -0.131. The number of ether oxygens (including phenoxy) is 1. The van der Waals surface area contributed by atoms with Crippen LogP contribution in [0.4, 0.5) is 0 Å². The molecule has 0 saturated heterocycles. The molecule has 14 heavy (non-hydrogen) atoms. The van der Waals surface area contributed by atoms with Crippen LogP contribution in [0.25, 0.3) is 6.08 Å². The summed E-state index contributed by atoms with van der Waals surface area (Å²) in [6, 6.07) is 7.00. The van der Waals surface area contributed by atoms with E-state index in [2.05, 4.69) is 0 Å². The third kappa shape index (κ3) is 2.86. The van der Waals surface area contributed by atoms with Crippen LogP contribution in [-0.4, -0.2) is 12.3 Å². The van der Waals surface area contributed by atoms with Crippen molar-refractivity contribution >= 4 is 18.3 Å². The molecule has 1 rings (SSSR count). The van der Waals surface area contributed by atoms with Crippen LogP contribution in [0.2, 0.25) is 0 Å². The Kier molecular flexibility index (Phi) is 3.61. The lowest BCUT2D eigenvalue weighted by Gasteiger charge is -2.03. The number of carbonyl (C=O) groups excluding carboxylic acids is 2. The summed E-state index contributed by atoms with van der Waals surface area (Å²) in [5.74, 6) is 0.0788. The van der Waals surface area contributed by atoms with E-state index < -0.39 is 0 Å². The molecule has 72 valence electrons. The molecule has 3 heteroatoms. The first-order valence-electron chi connectivity index (χ1n) is 4.13. The van der Waals surface area contributed by atoms with Gasteiger partial charge in [0.25, 0.3) is 0 Å². The molecule has 0 amide bonds. The molecule has 0 atom stereocenters. The average molecular weight is 190 g/mol. The van der Waals surface area contributed by atoms with Crippen LogP contribution in [0.15, 0.2) is 30.3 Å². The van der Waals surface area contributed by atoms with E-state index >= 15 is 0 Å². The third-order valence-corrected chi connectivity index (χ3v) is 1.53. The van der Waals surface area contributed by atoms with Gasteiger partial charge < -0.3 is 4.74 Å². The van der Waals surface area contributed by atoms with E-state index in [0.29, 0.717) is 17.6 Å². The average Bonchev–Trinajstić information content (AvgIpc) is 2.16. The van der Waals surface area contributed by atoms with Gasteiger partial charge in [-0.05, 0) is 18.2 Å². The minimum Gasteiger partial charge on any atom is -0.426 e. The van der Waals surface area contributed by atoms with Crippen molar-refractivity contribution in [3.05, 3.63) is 35.9 Å². The second-order valence-electron chi connectivity index (χ2n) is 2.63. The minimum absolute atomic E-state index is 0.378. The van der Waals surface area contributed by atoms with Gasteiger partial charge in [-0.15, -0.1) is 0 Å². The molecule has 0 aromatic heterocycles.